The zero-order chi connectivity index (χ0) is 27.7. The number of urea groups is 1. The van der Waals surface area contributed by atoms with Gasteiger partial charge in [-0.25, -0.2) is 23.2 Å². The Hall–Kier alpha value is -4.14. The summed E-state index contributed by atoms with van der Waals surface area (Å²) in [6.07, 6.45) is -1.70. The SMILES string of the molecule is CN1CCN(c2cccc(Nc3ncc(C(F)(F)F)c(NCc4cccnc4N(C)S(C)(=O)=O)n3)c2)C1=O. The van der Waals surface area contributed by atoms with E-state index >= 15 is 0 Å². The average Bonchev–Trinajstić information content (AvgIpc) is 3.19. The summed E-state index contributed by atoms with van der Waals surface area (Å²) in [4.78, 5) is 27.4. The Morgan fingerprint density at radius 3 is 2.55 bits per heavy atom. The van der Waals surface area contributed by atoms with E-state index in [1.54, 1.807) is 53.2 Å². The molecule has 0 radical (unpaired) electrons. The number of hydrogen-bond donors (Lipinski definition) is 2. The van der Waals surface area contributed by atoms with Gasteiger partial charge in [0.1, 0.15) is 17.2 Å². The molecule has 0 spiro atoms. The number of amides is 2. The van der Waals surface area contributed by atoms with Crippen molar-refractivity contribution in [1.82, 2.24) is 19.9 Å². The molecule has 0 saturated carbocycles. The summed E-state index contributed by atoms with van der Waals surface area (Å²) in [5.41, 5.74) is 0.340. The standard InChI is InChI=1S/C23H25F3N8O3S/c1-32-10-11-34(22(32)35)17-8-4-7-16(12-17)30-21-29-14-18(23(24,25)26)19(31-21)28-13-15-6-5-9-27-20(15)33(2)38(3,36)37/h4-9,12,14H,10-11,13H2,1-3H3,(H2,28,29,30,31). The van der Waals surface area contributed by atoms with Crippen LogP contribution in [0.4, 0.5) is 46.9 Å². The van der Waals surface area contributed by atoms with Crippen LogP contribution in [-0.4, -0.2) is 67.7 Å². The van der Waals surface area contributed by atoms with Crippen molar-refractivity contribution >= 4 is 45.0 Å². The first-order chi connectivity index (χ1) is 17.8. The molecule has 2 amide bonds. The van der Waals surface area contributed by atoms with E-state index < -0.39 is 27.6 Å². The van der Waals surface area contributed by atoms with Crippen LogP contribution in [0.25, 0.3) is 0 Å². The van der Waals surface area contributed by atoms with Crippen LogP contribution in [-0.2, 0) is 22.7 Å². The smallest absolute Gasteiger partial charge is 0.365 e. The molecule has 1 saturated heterocycles. The summed E-state index contributed by atoms with van der Waals surface area (Å²) in [5.74, 6) is -0.538. The zero-order valence-electron chi connectivity index (χ0n) is 20.7. The predicted octanol–water partition coefficient (Wildman–Crippen LogP) is 3.51. The largest absolute Gasteiger partial charge is 0.421 e. The molecule has 11 nitrogen and oxygen atoms in total. The second-order valence-corrected chi connectivity index (χ2v) is 10.6. The number of pyridine rings is 1. The third kappa shape index (κ3) is 5.88. The van der Waals surface area contributed by atoms with E-state index in [0.717, 1.165) is 10.6 Å². The highest BCUT2D eigenvalue weighted by Crippen LogP contribution is 2.35. The molecule has 3 heterocycles. The van der Waals surface area contributed by atoms with Gasteiger partial charge < -0.3 is 15.5 Å². The Kier molecular flexibility index (Phi) is 7.31. The number of benzene rings is 1. The summed E-state index contributed by atoms with van der Waals surface area (Å²) in [5, 5.41) is 5.52. The summed E-state index contributed by atoms with van der Waals surface area (Å²) < 4.78 is 66.0. The lowest BCUT2D eigenvalue weighted by Crippen LogP contribution is -2.29. The van der Waals surface area contributed by atoms with Crippen molar-refractivity contribution in [2.75, 3.05) is 53.3 Å². The van der Waals surface area contributed by atoms with E-state index in [9.17, 15) is 26.4 Å². The molecule has 1 fully saturated rings. The minimum atomic E-state index is -4.75. The van der Waals surface area contributed by atoms with Crippen molar-refractivity contribution in [2.24, 2.45) is 0 Å². The molecular formula is C23H25F3N8O3S. The van der Waals surface area contributed by atoms with Crippen LogP contribution in [0.5, 0.6) is 0 Å². The first-order valence-corrected chi connectivity index (χ1v) is 13.1. The molecule has 0 bridgehead atoms. The Morgan fingerprint density at radius 2 is 1.89 bits per heavy atom. The van der Waals surface area contributed by atoms with Crippen LogP contribution in [0.3, 0.4) is 0 Å². The van der Waals surface area contributed by atoms with Gasteiger partial charge in [0.05, 0.1) is 6.26 Å². The van der Waals surface area contributed by atoms with Crippen molar-refractivity contribution in [1.29, 1.82) is 0 Å². The van der Waals surface area contributed by atoms with Gasteiger partial charge in [-0.2, -0.15) is 18.2 Å². The number of anilines is 5. The topological polar surface area (TPSA) is 124 Å². The van der Waals surface area contributed by atoms with Crippen molar-refractivity contribution in [3.63, 3.8) is 0 Å². The molecule has 1 aromatic carbocycles. The quantitative estimate of drug-likeness (QED) is 0.437. The van der Waals surface area contributed by atoms with Gasteiger partial charge in [0.2, 0.25) is 16.0 Å². The van der Waals surface area contributed by atoms with E-state index in [4.69, 9.17) is 0 Å². The van der Waals surface area contributed by atoms with Crippen LogP contribution >= 0.6 is 0 Å². The van der Waals surface area contributed by atoms with Crippen LogP contribution in [0.15, 0.2) is 48.8 Å². The second-order valence-electron chi connectivity index (χ2n) is 8.55. The number of nitrogens with one attached hydrogen (secondary N) is 2. The third-order valence-corrected chi connectivity index (χ3v) is 7.00. The molecule has 0 atom stereocenters. The van der Waals surface area contributed by atoms with Crippen LogP contribution < -0.4 is 19.8 Å². The third-order valence-electron chi connectivity index (χ3n) is 5.83. The molecule has 4 rings (SSSR count). The Bertz CT molecular complexity index is 1450. The van der Waals surface area contributed by atoms with Crippen molar-refractivity contribution in [3.05, 3.63) is 59.9 Å². The molecule has 202 valence electrons. The minimum Gasteiger partial charge on any atom is -0.365 e. The summed E-state index contributed by atoms with van der Waals surface area (Å²) in [6, 6.07) is 9.74. The Labute approximate surface area is 217 Å². The lowest BCUT2D eigenvalue weighted by Gasteiger charge is -2.20. The first-order valence-electron chi connectivity index (χ1n) is 11.3. The van der Waals surface area contributed by atoms with E-state index in [0.29, 0.717) is 36.2 Å². The molecule has 3 aromatic rings. The first kappa shape index (κ1) is 26.9. The lowest BCUT2D eigenvalue weighted by molar-refractivity contribution is -0.137. The maximum Gasteiger partial charge on any atom is 0.421 e. The molecule has 15 heteroatoms. The predicted molar refractivity (Wildman–Crippen MR) is 137 cm³/mol. The monoisotopic (exact) mass is 550 g/mol. The maximum absolute atomic E-state index is 13.7. The summed E-state index contributed by atoms with van der Waals surface area (Å²) in [7, 11) is -0.651. The number of likely N-dealkylation sites (N-methyl/N-ethyl adjacent to an activating group) is 1. The van der Waals surface area contributed by atoms with Crippen molar-refractivity contribution in [3.8, 4) is 0 Å². The number of hydrogen-bond acceptors (Lipinski definition) is 8. The molecule has 2 N–H and O–H groups in total. The van der Waals surface area contributed by atoms with Crippen LogP contribution in [0, 0.1) is 0 Å². The number of aromatic nitrogens is 3. The fourth-order valence-electron chi connectivity index (χ4n) is 3.74. The number of carbonyl (C=O) groups excluding carboxylic acids is 1. The zero-order valence-corrected chi connectivity index (χ0v) is 21.5. The van der Waals surface area contributed by atoms with Gasteiger partial charge in [-0.1, -0.05) is 12.1 Å². The number of sulfonamides is 1. The molecule has 0 unspecified atom stereocenters. The highest BCUT2D eigenvalue weighted by Gasteiger charge is 2.35. The second kappa shape index (κ2) is 10.3. The molecule has 2 aromatic heterocycles. The number of alkyl halides is 3. The number of carbonyl (C=O) groups is 1. The number of halogens is 3. The van der Waals surface area contributed by atoms with Crippen LogP contribution in [0.1, 0.15) is 11.1 Å². The van der Waals surface area contributed by atoms with E-state index in [1.165, 1.54) is 13.2 Å². The molecule has 38 heavy (non-hydrogen) atoms. The van der Waals surface area contributed by atoms with Crippen molar-refractivity contribution in [2.45, 2.75) is 12.7 Å². The van der Waals surface area contributed by atoms with Gasteiger partial charge in [0.15, 0.2) is 0 Å². The average molecular weight is 551 g/mol. The van der Waals surface area contributed by atoms with E-state index in [-0.39, 0.29) is 24.3 Å². The van der Waals surface area contributed by atoms with Gasteiger partial charge in [-0.15, -0.1) is 0 Å². The van der Waals surface area contributed by atoms with Gasteiger partial charge in [-0.3, -0.25) is 9.21 Å². The Balaban J connectivity index is 1.60. The van der Waals surface area contributed by atoms with Gasteiger partial charge in [0, 0.05) is 63.1 Å². The minimum absolute atomic E-state index is 0.0717. The molecule has 0 aliphatic carbocycles. The van der Waals surface area contributed by atoms with Crippen molar-refractivity contribution < 1.29 is 26.4 Å². The van der Waals surface area contributed by atoms with E-state index in [1.807, 2.05) is 0 Å². The summed E-state index contributed by atoms with van der Waals surface area (Å²) in [6.45, 7) is 0.892. The fourth-order valence-corrected chi connectivity index (χ4v) is 4.22. The van der Waals surface area contributed by atoms with Gasteiger partial charge in [-0.05, 0) is 24.3 Å². The van der Waals surface area contributed by atoms with Crippen LogP contribution in [0.2, 0.25) is 0 Å². The number of nitrogens with zero attached hydrogens (tertiary/aromatic N) is 6. The Morgan fingerprint density at radius 1 is 1.13 bits per heavy atom. The normalized spacial score (nSPS) is 14.1. The number of rotatable bonds is 8. The highest BCUT2D eigenvalue weighted by molar-refractivity contribution is 7.92. The lowest BCUT2D eigenvalue weighted by atomic mass is 10.2. The molecule has 1 aliphatic rings. The summed E-state index contributed by atoms with van der Waals surface area (Å²) >= 11 is 0. The molecule has 1 aliphatic heterocycles. The van der Waals surface area contributed by atoms with Gasteiger partial charge in [0.25, 0.3) is 0 Å². The highest BCUT2D eigenvalue weighted by atomic mass is 32.2. The molecular weight excluding hydrogens is 525 g/mol. The maximum atomic E-state index is 13.7. The fraction of sp³-hybridized carbons (Fsp3) is 0.304. The van der Waals surface area contributed by atoms with E-state index in [2.05, 4.69) is 25.6 Å². The van der Waals surface area contributed by atoms with Gasteiger partial charge >= 0.3 is 12.2 Å².